The molecule has 1 aliphatic carbocycles. The average Bonchev–Trinajstić information content (AvgIpc) is 3.47. The Hall–Kier alpha value is -2.26. The van der Waals surface area contributed by atoms with Gasteiger partial charge in [0, 0.05) is 49.8 Å². The van der Waals surface area contributed by atoms with E-state index in [1.54, 1.807) is 0 Å². The highest BCUT2D eigenvalue weighted by Crippen LogP contribution is 2.40. The normalized spacial score (nSPS) is 21.7. The monoisotopic (exact) mass is 415 g/mol. The molecular weight excluding hydrogens is 385 g/mol. The number of aromatic nitrogens is 4. The maximum absolute atomic E-state index is 15.5. The summed E-state index contributed by atoms with van der Waals surface area (Å²) < 4.78 is 20.9. The van der Waals surface area contributed by atoms with E-state index >= 15 is 4.39 Å². The van der Waals surface area contributed by atoms with Crippen LogP contribution in [0.25, 0.3) is 0 Å². The van der Waals surface area contributed by atoms with Crippen molar-refractivity contribution in [2.24, 2.45) is 0 Å². The lowest BCUT2D eigenvalue weighted by molar-refractivity contribution is -0.131. The Morgan fingerprint density at radius 1 is 1.20 bits per heavy atom. The third-order valence-corrected chi connectivity index (χ3v) is 6.40. The minimum Gasteiger partial charge on any atom is -0.377 e. The molecule has 0 atom stereocenters. The van der Waals surface area contributed by atoms with Gasteiger partial charge in [0.2, 0.25) is 5.82 Å². The third kappa shape index (κ3) is 3.65. The van der Waals surface area contributed by atoms with E-state index in [9.17, 15) is 0 Å². The Balaban J connectivity index is 1.37. The van der Waals surface area contributed by atoms with Gasteiger partial charge in [-0.2, -0.15) is 9.49 Å². The van der Waals surface area contributed by atoms with Gasteiger partial charge in [0.1, 0.15) is 5.82 Å². The summed E-state index contributed by atoms with van der Waals surface area (Å²) in [5.74, 6) is 2.04. The van der Waals surface area contributed by atoms with Gasteiger partial charge in [-0.25, -0.2) is 9.97 Å². The first kappa shape index (κ1) is 19.7. The lowest BCUT2D eigenvalue weighted by atomic mass is 9.97. The summed E-state index contributed by atoms with van der Waals surface area (Å²) in [5.41, 5.74) is 1.21. The lowest BCUT2D eigenvalue weighted by Crippen LogP contribution is -2.64. The van der Waals surface area contributed by atoms with Crippen molar-refractivity contribution in [2.75, 3.05) is 49.6 Å². The van der Waals surface area contributed by atoms with E-state index in [2.05, 4.69) is 37.3 Å². The van der Waals surface area contributed by atoms with Gasteiger partial charge in [0.15, 0.2) is 17.5 Å². The molecule has 8 nitrogen and oxygen atoms in total. The van der Waals surface area contributed by atoms with Crippen LogP contribution in [0.15, 0.2) is 6.07 Å². The molecule has 1 saturated carbocycles. The van der Waals surface area contributed by atoms with E-state index in [1.165, 1.54) is 12.8 Å². The summed E-state index contributed by atoms with van der Waals surface area (Å²) in [7, 11) is 0. The van der Waals surface area contributed by atoms with Gasteiger partial charge in [-0.15, -0.1) is 0 Å². The Morgan fingerprint density at radius 3 is 2.53 bits per heavy atom. The van der Waals surface area contributed by atoms with E-state index in [1.807, 2.05) is 24.8 Å². The number of piperazine rings is 1. The van der Waals surface area contributed by atoms with Gasteiger partial charge in [0.25, 0.3) is 0 Å². The van der Waals surface area contributed by atoms with Crippen molar-refractivity contribution in [3.8, 4) is 0 Å². The summed E-state index contributed by atoms with van der Waals surface area (Å²) in [6, 6.07) is 1.95. The zero-order chi connectivity index (χ0) is 20.9. The number of anilines is 3. The number of hydrogen-bond acceptors (Lipinski definition) is 7. The molecule has 2 N–H and O–H groups in total. The molecule has 0 unspecified atom stereocenters. The van der Waals surface area contributed by atoms with Crippen LogP contribution in [0, 0.1) is 5.82 Å². The van der Waals surface area contributed by atoms with E-state index in [0.717, 1.165) is 45.1 Å². The molecule has 5 rings (SSSR count). The van der Waals surface area contributed by atoms with Crippen molar-refractivity contribution in [2.45, 2.75) is 51.0 Å². The number of rotatable bonds is 6. The predicted octanol–water partition coefficient (Wildman–Crippen LogP) is 2.99. The van der Waals surface area contributed by atoms with Crippen molar-refractivity contribution >= 4 is 17.5 Å². The van der Waals surface area contributed by atoms with Crippen LogP contribution in [0.3, 0.4) is 0 Å². The first-order valence-corrected chi connectivity index (χ1v) is 10.9. The van der Waals surface area contributed by atoms with Crippen molar-refractivity contribution in [3.05, 3.63) is 23.4 Å². The first-order valence-electron chi connectivity index (χ1n) is 10.9. The maximum Gasteiger partial charge on any atom is 0.208 e. The third-order valence-electron chi connectivity index (χ3n) is 6.40. The number of nitrogens with one attached hydrogen (secondary N) is 2. The molecule has 3 fully saturated rings. The first-order chi connectivity index (χ1) is 14.4. The fourth-order valence-corrected chi connectivity index (χ4v) is 4.17. The SMILES string of the molecule is CC(C)c1nc(Nc2cc(C3CC3)[nH]n2)c(F)c(N2CCN(C3(C)COC3)CC2)n1. The van der Waals surface area contributed by atoms with Gasteiger partial charge < -0.3 is 15.0 Å². The smallest absolute Gasteiger partial charge is 0.208 e. The number of hydrogen-bond donors (Lipinski definition) is 2. The van der Waals surface area contributed by atoms with Crippen molar-refractivity contribution in [1.29, 1.82) is 0 Å². The molecule has 4 heterocycles. The van der Waals surface area contributed by atoms with Gasteiger partial charge in [0.05, 0.1) is 18.8 Å². The summed E-state index contributed by atoms with van der Waals surface area (Å²) in [4.78, 5) is 13.5. The van der Waals surface area contributed by atoms with Gasteiger partial charge in [-0.3, -0.25) is 10.00 Å². The van der Waals surface area contributed by atoms with E-state index in [4.69, 9.17) is 4.74 Å². The molecule has 0 amide bonds. The van der Waals surface area contributed by atoms with Crippen LogP contribution in [0.5, 0.6) is 0 Å². The summed E-state index contributed by atoms with van der Waals surface area (Å²) in [6.07, 6.45) is 2.37. The molecule has 0 radical (unpaired) electrons. The van der Waals surface area contributed by atoms with Crippen LogP contribution in [-0.2, 0) is 4.74 Å². The maximum atomic E-state index is 15.5. The minimum atomic E-state index is -0.415. The number of aromatic amines is 1. The molecule has 0 bridgehead atoms. The largest absolute Gasteiger partial charge is 0.377 e. The fourth-order valence-electron chi connectivity index (χ4n) is 4.17. The molecule has 0 spiro atoms. The zero-order valence-corrected chi connectivity index (χ0v) is 17.9. The van der Waals surface area contributed by atoms with Gasteiger partial charge in [-0.1, -0.05) is 13.8 Å². The molecular formula is C21H30FN7O. The van der Waals surface area contributed by atoms with Crippen LogP contribution in [0.1, 0.15) is 57.0 Å². The minimum absolute atomic E-state index is 0.0958. The van der Waals surface area contributed by atoms with E-state index in [-0.39, 0.29) is 17.3 Å². The fraction of sp³-hybridized carbons (Fsp3) is 0.667. The van der Waals surface area contributed by atoms with E-state index in [0.29, 0.717) is 23.4 Å². The summed E-state index contributed by atoms with van der Waals surface area (Å²) in [6.45, 7) is 11.0. The molecule has 3 aliphatic rings. The Bertz CT molecular complexity index is 914. The molecule has 2 saturated heterocycles. The van der Waals surface area contributed by atoms with Crippen LogP contribution in [-0.4, -0.2) is 70.0 Å². The second-order valence-corrected chi connectivity index (χ2v) is 9.29. The number of H-pyrrole nitrogens is 1. The van der Waals surface area contributed by atoms with Gasteiger partial charge >= 0.3 is 0 Å². The Morgan fingerprint density at radius 2 is 1.93 bits per heavy atom. The van der Waals surface area contributed by atoms with Crippen molar-refractivity contribution in [3.63, 3.8) is 0 Å². The van der Waals surface area contributed by atoms with Crippen LogP contribution >= 0.6 is 0 Å². The highest BCUT2D eigenvalue weighted by molar-refractivity contribution is 5.59. The van der Waals surface area contributed by atoms with Crippen LogP contribution < -0.4 is 10.2 Å². The predicted molar refractivity (Wildman–Crippen MR) is 113 cm³/mol. The molecule has 9 heteroatoms. The molecule has 2 aromatic heterocycles. The second-order valence-electron chi connectivity index (χ2n) is 9.29. The molecule has 2 aliphatic heterocycles. The number of ether oxygens (including phenoxy) is 1. The van der Waals surface area contributed by atoms with Crippen molar-refractivity contribution < 1.29 is 9.13 Å². The molecule has 30 heavy (non-hydrogen) atoms. The summed E-state index contributed by atoms with van der Waals surface area (Å²) >= 11 is 0. The topological polar surface area (TPSA) is 82.2 Å². The molecule has 162 valence electrons. The van der Waals surface area contributed by atoms with Crippen molar-refractivity contribution in [1.82, 2.24) is 25.1 Å². The zero-order valence-electron chi connectivity index (χ0n) is 17.9. The number of nitrogens with zero attached hydrogens (tertiary/aromatic N) is 5. The van der Waals surface area contributed by atoms with E-state index < -0.39 is 5.82 Å². The molecule has 0 aromatic carbocycles. The second kappa shape index (κ2) is 7.46. The average molecular weight is 416 g/mol. The lowest BCUT2D eigenvalue weighted by Gasteiger charge is -2.50. The number of halogens is 1. The van der Waals surface area contributed by atoms with Crippen LogP contribution in [0.4, 0.5) is 21.8 Å². The Kier molecular flexibility index (Phi) is 4.89. The standard InChI is InChI=1S/C21H30FN7O/c1-13(2)18-24-19(23-16-10-15(26-27-16)14-4-5-14)17(22)20(25-18)28-6-8-29(9-7-28)21(3)11-30-12-21/h10,13-14H,4-9,11-12H2,1-3H3,(H2,23,24,25,26,27). The summed E-state index contributed by atoms with van der Waals surface area (Å²) in [5, 5.41) is 10.4. The highest BCUT2D eigenvalue weighted by atomic mass is 19.1. The highest BCUT2D eigenvalue weighted by Gasteiger charge is 2.41. The molecule has 2 aromatic rings. The Labute approximate surface area is 176 Å². The van der Waals surface area contributed by atoms with Crippen LogP contribution in [0.2, 0.25) is 0 Å². The quantitative estimate of drug-likeness (QED) is 0.750. The van der Waals surface area contributed by atoms with Gasteiger partial charge in [-0.05, 0) is 19.8 Å².